The quantitative estimate of drug-likeness (QED) is 0.675. The summed E-state index contributed by atoms with van der Waals surface area (Å²) in [5.41, 5.74) is 5.46. The van der Waals surface area contributed by atoms with Gasteiger partial charge in [0.25, 0.3) is 0 Å². The third-order valence-corrected chi connectivity index (χ3v) is 3.03. The van der Waals surface area contributed by atoms with Crippen molar-refractivity contribution in [3.05, 3.63) is 0 Å². The Bertz CT molecular complexity index is 215. The van der Waals surface area contributed by atoms with E-state index in [1.807, 2.05) is 4.90 Å². The molecule has 0 bridgehead atoms. The Kier molecular flexibility index (Phi) is 3.50. The van der Waals surface area contributed by atoms with Gasteiger partial charge in [0.05, 0.1) is 0 Å². The van der Waals surface area contributed by atoms with Crippen molar-refractivity contribution >= 4 is 5.91 Å². The van der Waals surface area contributed by atoms with E-state index in [1.54, 1.807) is 0 Å². The molecular weight excluding hydrogens is 178 g/mol. The second-order valence-electron chi connectivity index (χ2n) is 4.59. The third kappa shape index (κ3) is 2.45. The summed E-state index contributed by atoms with van der Waals surface area (Å²) in [4.78, 5) is 15.8. The maximum atomic E-state index is 11.6. The standard InChI is InChI=1S/C10H21N3O/c1-10(2)8-13(7-6-12(10)3)9(14)4-5-11/h4-8,11H2,1-3H3. The smallest absolute Gasteiger partial charge is 0.223 e. The normalized spacial score (nSPS) is 22.4. The van der Waals surface area contributed by atoms with Crippen molar-refractivity contribution < 1.29 is 4.79 Å². The molecular formula is C10H21N3O. The van der Waals surface area contributed by atoms with Gasteiger partial charge in [-0.3, -0.25) is 9.69 Å². The van der Waals surface area contributed by atoms with Crippen LogP contribution in [0.15, 0.2) is 0 Å². The number of carbonyl (C=O) groups excluding carboxylic acids is 1. The summed E-state index contributed by atoms with van der Waals surface area (Å²) in [7, 11) is 2.10. The van der Waals surface area contributed by atoms with Crippen molar-refractivity contribution in [3.63, 3.8) is 0 Å². The summed E-state index contributed by atoms with van der Waals surface area (Å²) >= 11 is 0. The summed E-state index contributed by atoms with van der Waals surface area (Å²) in [6.45, 7) is 7.36. The fourth-order valence-corrected chi connectivity index (χ4v) is 1.73. The van der Waals surface area contributed by atoms with Crippen LogP contribution in [0, 0.1) is 0 Å². The first-order chi connectivity index (χ1) is 6.47. The topological polar surface area (TPSA) is 49.6 Å². The van der Waals surface area contributed by atoms with E-state index in [1.165, 1.54) is 0 Å². The van der Waals surface area contributed by atoms with Crippen LogP contribution in [0.2, 0.25) is 0 Å². The van der Waals surface area contributed by atoms with Gasteiger partial charge in [0.15, 0.2) is 0 Å². The molecule has 0 unspecified atom stereocenters. The Morgan fingerprint density at radius 1 is 1.43 bits per heavy atom. The van der Waals surface area contributed by atoms with Gasteiger partial charge in [-0.2, -0.15) is 0 Å². The maximum Gasteiger partial charge on any atom is 0.223 e. The molecule has 4 nitrogen and oxygen atoms in total. The lowest BCUT2D eigenvalue weighted by Crippen LogP contribution is -2.59. The summed E-state index contributed by atoms with van der Waals surface area (Å²) < 4.78 is 0. The molecule has 0 aliphatic carbocycles. The zero-order valence-electron chi connectivity index (χ0n) is 9.42. The molecule has 0 aromatic rings. The van der Waals surface area contributed by atoms with E-state index < -0.39 is 0 Å². The van der Waals surface area contributed by atoms with Gasteiger partial charge in [-0.25, -0.2) is 0 Å². The van der Waals surface area contributed by atoms with Gasteiger partial charge in [0.2, 0.25) is 5.91 Å². The maximum absolute atomic E-state index is 11.6. The van der Waals surface area contributed by atoms with Crippen LogP contribution in [-0.2, 0) is 4.79 Å². The van der Waals surface area contributed by atoms with Gasteiger partial charge in [0, 0.05) is 38.1 Å². The molecule has 0 spiro atoms. The minimum absolute atomic E-state index is 0.0858. The highest BCUT2D eigenvalue weighted by molar-refractivity contribution is 5.76. The number of hydrogen-bond donors (Lipinski definition) is 1. The van der Waals surface area contributed by atoms with Gasteiger partial charge in [0.1, 0.15) is 0 Å². The summed E-state index contributed by atoms with van der Waals surface area (Å²) in [5.74, 6) is 0.189. The van der Waals surface area contributed by atoms with Crippen LogP contribution < -0.4 is 5.73 Å². The van der Waals surface area contributed by atoms with Crippen molar-refractivity contribution in [2.24, 2.45) is 5.73 Å². The van der Waals surface area contributed by atoms with Gasteiger partial charge in [-0.05, 0) is 20.9 Å². The molecule has 1 rings (SSSR count). The summed E-state index contributed by atoms with van der Waals surface area (Å²) in [6.07, 6.45) is 0.472. The van der Waals surface area contributed by atoms with E-state index in [4.69, 9.17) is 5.73 Å². The lowest BCUT2D eigenvalue weighted by molar-refractivity contribution is -0.135. The molecule has 14 heavy (non-hydrogen) atoms. The Morgan fingerprint density at radius 3 is 2.57 bits per heavy atom. The Labute approximate surface area is 86.0 Å². The lowest BCUT2D eigenvalue weighted by Gasteiger charge is -2.45. The highest BCUT2D eigenvalue weighted by atomic mass is 16.2. The number of hydrogen-bond acceptors (Lipinski definition) is 3. The molecule has 0 saturated carbocycles. The van der Waals surface area contributed by atoms with Crippen molar-refractivity contribution in [3.8, 4) is 0 Å². The number of likely N-dealkylation sites (N-methyl/N-ethyl adjacent to an activating group) is 1. The predicted octanol–water partition coefficient (Wildman–Crippen LogP) is -0.112. The molecule has 1 aliphatic rings. The number of piperazine rings is 1. The number of nitrogens with zero attached hydrogens (tertiary/aromatic N) is 2. The number of amides is 1. The highest BCUT2D eigenvalue weighted by Gasteiger charge is 2.32. The van der Waals surface area contributed by atoms with Crippen molar-refractivity contribution in [1.82, 2.24) is 9.80 Å². The third-order valence-electron chi connectivity index (χ3n) is 3.03. The first-order valence-electron chi connectivity index (χ1n) is 5.16. The molecule has 1 amide bonds. The summed E-state index contributed by atoms with van der Waals surface area (Å²) in [5, 5.41) is 0. The molecule has 1 saturated heterocycles. The van der Waals surface area contributed by atoms with Gasteiger partial charge in [-0.1, -0.05) is 0 Å². The van der Waals surface area contributed by atoms with Crippen LogP contribution in [-0.4, -0.2) is 54.5 Å². The number of nitrogens with two attached hydrogens (primary N) is 1. The fourth-order valence-electron chi connectivity index (χ4n) is 1.73. The SMILES string of the molecule is CN1CCN(C(=O)CCN)CC1(C)C. The van der Waals surface area contributed by atoms with E-state index in [0.717, 1.165) is 19.6 Å². The van der Waals surface area contributed by atoms with Gasteiger partial charge in [-0.15, -0.1) is 0 Å². The molecule has 82 valence electrons. The average molecular weight is 199 g/mol. The largest absolute Gasteiger partial charge is 0.340 e. The molecule has 4 heteroatoms. The van der Waals surface area contributed by atoms with Crippen LogP contribution >= 0.6 is 0 Å². The molecule has 2 N–H and O–H groups in total. The first-order valence-corrected chi connectivity index (χ1v) is 5.16. The van der Waals surface area contributed by atoms with Crippen LogP contribution in [0.4, 0.5) is 0 Å². The van der Waals surface area contributed by atoms with Crippen molar-refractivity contribution in [2.75, 3.05) is 33.2 Å². The van der Waals surface area contributed by atoms with Crippen LogP contribution in [0.25, 0.3) is 0 Å². The van der Waals surface area contributed by atoms with E-state index in [-0.39, 0.29) is 11.4 Å². The Morgan fingerprint density at radius 2 is 2.07 bits per heavy atom. The molecule has 1 fully saturated rings. The second kappa shape index (κ2) is 4.28. The van der Waals surface area contributed by atoms with Crippen LogP contribution in [0.1, 0.15) is 20.3 Å². The highest BCUT2D eigenvalue weighted by Crippen LogP contribution is 2.18. The van der Waals surface area contributed by atoms with Crippen molar-refractivity contribution in [1.29, 1.82) is 0 Å². The predicted molar refractivity (Wildman–Crippen MR) is 57.0 cm³/mol. The van der Waals surface area contributed by atoms with E-state index in [9.17, 15) is 4.79 Å². The Hall–Kier alpha value is -0.610. The van der Waals surface area contributed by atoms with Crippen molar-refractivity contribution in [2.45, 2.75) is 25.8 Å². The van der Waals surface area contributed by atoms with E-state index in [0.29, 0.717) is 13.0 Å². The minimum Gasteiger partial charge on any atom is -0.340 e. The molecule has 0 radical (unpaired) electrons. The number of carbonyl (C=O) groups is 1. The second-order valence-corrected chi connectivity index (χ2v) is 4.59. The number of rotatable bonds is 2. The average Bonchev–Trinajstić information content (AvgIpc) is 2.10. The van der Waals surface area contributed by atoms with Gasteiger partial charge < -0.3 is 10.6 Å². The van der Waals surface area contributed by atoms with Crippen LogP contribution in [0.3, 0.4) is 0 Å². The van der Waals surface area contributed by atoms with Gasteiger partial charge >= 0.3 is 0 Å². The molecule has 0 atom stereocenters. The zero-order chi connectivity index (χ0) is 10.8. The fraction of sp³-hybridized carbons (Fsp3) is 0.900. The minimum atomic E-state index is 0.0858. The molecule has 1 heterocycles. The molecule has 0 aromatic carbocycles. The first kappa shape index (κ1) is 11.5. The monoisotopic (exact) mass is 199 g/mol. The molecule has 1 aliphatic heterocycles. The summed E-state index contributed by atoms with van der Waals surface area (Å²) in [6, 6.07) is 0. The zero-order valence-corrected chi connectivity index (χ0v) is 9.42. The molecule has 0 aromatic heterocycles. The Balaban J connectivity index is 2.55. The van der Waals surface area contributed by atoms with Crippen LogP contribution in [0.5, 0.6) is 0 Å². The lowest BCUT2D eigenvalue weighted by atomic mass is 9.99. The van der Waals surface area contributed by atoms with E-state index >= 15 is 0 Å². The van der Waals surface area contributed by atoms with E-state index in [2.05, 4.69) is 25.8 Å².